The number of hydrogen-bond donors (Lipinski definition) is 1. The Morgan fingerprint density at radius 3 is 2.82 bits per heavy atom. The highest BCUT2D eigenvalue weighted by Gasteiger charge is 2.18. The van der Waals surface area contributed by atoms with Gasteiger partial charge >= 0.3 is 0 Å². The molecule has 0 aliphatic rings. The Labute approximate surface area is 100 Å². The highest BCUT2D eigenvalue weighted by atomic mass is 35.5. The van der Waals surface area contributed by atoms with Crippen LogP contribution >= 0.6 is 11.6 Å². The van der Waals surface area contributed by atoms with Crippen LogP contribution in [0.5, 0.6) is 0 Å². The minimum atomic E-state index is -0.660. The molecule has 0 aromatic carbocycles. The number of carbonyl (C=O) groups is 1. The molecule has 0 saturated heterocycles. The number of pyridine rings is 1. The second-order valence-electron chi connectivity index (χ2n) is 3.13. The van der Waals surface area contributed by atoms with Gasteiger partial charge in [0.1, 0.15) is 23.7 Å². The lowest BCUT2D eigenvalue weighted by atomic mass is 10.1. The summed E-state index contributed by atoms with van der Waals surface area (Å²) in [6.07, 6.45) is 3.36. The summed E-state index contributed by atoms with van der Waals surface area (Å²) in [6.45, 7) is 0. The Balaban J connectivity index is 2.51. The third kappa shape index (κ3) is 2.21. The lowest BCUT2D eigenvalue weighted by molar-refractivity contribution is 0.103. The number of aromatic nitrogens is 3. The number of nitrogen functional groups attached to an aromatic ring is 1. The molecule has 0 bridgehead atoms. The van der Waals surface area contributed by atoms with E-state index >= 15 is 0 Å². The Morgan fingerprint density at radius 1 is 1.35 bits per heavy atom. The predicted molar refractivity (Wildman–Crippen MR) is 59.1 cm³/mol. The van der Waals surface area contributed by atoms with E-state index in [1.807, 2.05) is 0 Å². The molecule has 0 aliphatic carbocycles. The van der Waals surface area contributed by atoms with E-state index in [-0.39, 0.29) is 22.1 Å². The largest absolute Gasteiger partial charge is 0.383 e. The molecule has 17 heavy (non-hydrogen) atoms. The van der Waals surface area contributed by atoms with Crippen LogP contribution in [0.1, 0.15) is 16.1 Å². The molecule has 0 aliphatic heterocycles. The fourth-order valence-electron chi connectivity index (χ4n) is 1.24. The minimum absolute atomic E-state index is 0.0410. The quantitative estimate of drug-likeness (QED) is 0.819. The van der Waals surface area contributed by atoms with Crippen LogP contribution in [-0.2, 0) is 0 Å². The summed E-state index contributed by atoms with van der Waals surface area (Å²) in [6, 6.07) is 0.989. The molecule has 0 unspecified atom stereocenters. The second kappa shape index (κ2) is 4.42. The van der Waals surface area contributed by atoms with Crippen molar-refractivity contribution in [1.29, 1.82) is 0 Å². The van der Waals surface area contributed by atoms with Crippen LogP contribution in [0.3, 0.4) is 0 Å². The van der Waals surface area contributed by atoms with E-state index in [1.165, 1.54) is 12.5 Å². The van der Waals surface area contributed by atoms with Gasteiger partial charge in [0.25, 0.3) is 0 Å². The maximum absolute atomic E-state index is 13.0. The standard InChI is InChI=1S/C10H6ClFN4O/c11-7-3-14-4-16-8(7)9(17)6-1-5(12)2-15-10(6)13/h1-4H,(H2,13,15). The van der Waals surface area contributed by atoms with E-state index in [1.54, 1.807) is 0 Å². The Morgan fingerprint density at radius 2 is 2.12 bits per heavy atom. The maximum Gasteiger partial charge on any atom is 0.216 e. The molecule has 2 heterocycles. The highest BCUT2D eigenvalue weighted by Crippen LogP contribution is 2.19. The van der Waals surface area contributed by atoms with Crippen LogP contribution in [0.25, 0.3) is 0 Å². The SMILES string of the molecule is Nc1ncc(F)cc1C(=O)c1ncncc1Cl. The van der Waals surface area contributed by atoms with Crippen molar-refractivity contribution in [1.82, 2.24) is 15.0 Å². The van der Waals surface area contributed by atoms with Gasteiger partial charge in [-0.05, 0) is 6.07 Å². The average molecular weight is 253 g/mol. The zero-order valence-electron chi connectivity index (χ0n) is 8.39. The molecule has 2 rings (SSSR count). The van der Waals surface area contributed by atoms with E-state index < -0.39 is 11.6 Å². The van der Waals surface area contributed by atoms with Gasteiger partial charge in [-0.1, -0.05) is 11.6 Å². The fourth-order valence-corrected chi connectivity index (χ4v) is 1.43. The Kier molecular flexibility index (Phi) is 2.97. The Hall–Kier alpha value is -2.08. The molecule has 86 valence electrons. The van der Waals surface area contributed by atoms with Crippen LogP contribution < -0.4 is 5.73 Å². The van der Waals surface area contributed by atoms with Crippen LogP contribution in [0.2, 0.25) is 5.02 Å². The number of halogens is 2. The van der Waals surface area contributed by atoms with Gasteiger partial charge in [0.2, 0.25) is 5.78 Å². The maximum atomic E-state index is 13.0. The number of ketones is 1. The van der Waals surface area contributed by atoms with Crippen molar-refractivity contribution >= 4 is 23.2 Å². The first-order valence-corrected chi connectivity index (χ1v) is 4.88. The molecule has 0 radical (unpaired) electrons. The third-order valence-electron chi connectivity index (χ3n) is 2.01. The van der Waals surface area contributed by atoms with Gasteiger partial charge in [-0.25, -0.2) is 19.3 Å². The average Bonchev–Trinajstić information content (AvgIpc) is 2.32. The van der Waals surface area contributed by atoms with Crippen molar-refractivity contribution in [2.45, 2.75) is 0 Å². The summed E-state index contributed by atoms with van der Waals surface area (Å²) >= 11 is 5.76. The van der Waals surface area contributed by atoms with Crippen LogP contribution in [0.4, 0.5) is 10.2 Å². The van der Waals surface area contributed by atoms with Crippen molar-refractivity contribution in [3.8, 4) is 0 Å². The van der Waals surface area contributed by atoms with Crippen molar-refractivity contribution in [3.05, 3.63) is 46.9 Å². The molecule has 0 fully saturated rings. The molecule has 2 aromatic heterocycles. The summed E-state index contributed by atoms with van der Waals surface area (Å²) in [5, 5.41) is 0.0705. The molecule has 0 atom stereocenters. The number of carbonyl (C=O) groups excluding carboxylic acids is 1. The third-order valence-corrected chi connectivity index (χ3v) is 2.29. The summed E-state index contributed by atoms with van der Waals surface area (Å²) in [7, 11) is 0. The zero-order chi connectivity index (χ0) is 12.4. The molecule has 5 nitrogen and oxygen atoms in total. The summed E-state index contributed by atoms with van der Waals surface area (Å²) in [5.41, 5.74) is 5.37. The molecule has 0 spiro atoms. The highest BCUT2D eigenvalue weighted by molar-refractivity contribution is 6.34. The van der Waals surface area contributed by atoms with Gasteiger partial charge in [-0.2, -0.15) is 0 Å². The smallest absolute Gasteiger partial charge is 0.216 e. The first-order valence-electron chi connectivity index (χ1n) is 4.51. The lowest BCUT2D eigenvalue weighted by Gasteiger charge is -2.04. The number of rotatable bonds is 2. The molecule has 2 N–H and O–H groups in total. The number of anilines is 1. The predicted octanol–water partition coefficient (Wildman–Crippen LogP) is 1.48. The van der Waals surface area contributed by atoms with E-state index in [0.717, 1.165) is 12.3 Å². The lowest BCUT2D eigenvalue weighted by Crippen LogP contribution is -2.10. The van der Waals surface area contributed by atoms with E-state index in [0.29, 0.717) is 0 Å². The summed E-state index contributed by atoms with van der Waals surface area (Å²) < 4.78 is 13.0. The van der Waals surface area contributed by atoms with Gasteiger partial charge in [0.15, 0.2) is 0 Å². The Bertz CT molecular complexity index is 590. The van der Waals surface area contributed by atoms with Gasteiger partial charge in [0.05, 0.1) is 16.8 Å². The number of hydrogen-bond acceptors (Lipinski definition) is 5. The molecule has 0 saturated carbocycles. The van der Waals surface area contributed by atoms with Crippen molar-refractivity contribution < 1.29 is 9.18 Å². The van der Waals surface area contributed by atoms with Gasteiger partial charge in [-0.3, -0.25) is 4.79 Å². The first-order chi connectivity index (χ1) is 8.09. The normalized spacial score (nSPS) is 10.2. The fraction of sp³-hybridized carbons (Fsp3) is 0. The van der Waals surface area contributed by atoms with Gasteiger partial charge < -0.3 is 5.73 Å². The molecule has 2 aromatic rings. The van der Waals surface area contributed by atoms with E-state index in [4.69, 9.17) is 17.3 Å². The zero-order valence-corrected chi connectivity index (χ0v) is 9.15. The summed E-state index contributed by atoms with van der Waals surface area (Å²) in [4.78, 5) is 22.9. The number of nitrogens with zero attached hydrogens (tertiary/aromatic N) is 3. The van der Waals surface area contributed by atoms with Crippen LogP contribution in [0.15, 0.2) is 24.8 Å². The van der Waals surface area contributed by atoms with Crippen LogP contribution in [-0.4, -0.2) is 20.7 Å². The molecule has 0 amide bonds. The monoisotopic (exact) mass is 252 g/mol. The van der Waals surface area contributed by atoms with E-state index in [9.17, 15) is 9.18 Å². The molecule has 7 heteroatoms. The minimum Gasteiger partial charge on any atom is -0.383 e. The molecular formula is C10H6ClFN4O. The van der Waals surface area contributed by atoms with Gasteiger partial charge in [-0.15, -0.1) is 0 Å². The van der Waals surface area contributed by atoms with Crippen molar-refractivity contribution in [2.75, 3.05) is 5.73 Å². The topological polar surface area (TPSA) is 81.8 Å². The number of nitrogens with two attached hydrogens (primary N) is 1. The van der Waals surface area contributed by atoms with Gasteiger partial charge in [0, 0.05) is 6.20 Å². The second-order valence-corrected chi connectivity index (χ2v) is 3.54. The van der Waals surface area contributed by atoms with Crippen molar-refractivity contribution in [3.63, 3.8) is 0 Å². The first kappa shape index (κ1) is 11.4. The van der Waals surface area contributed by atoms with E-state index in [2.05, 4.69) is 15.0 Å². The summed E-state index contributed by atoms with van der Waals surface area (Å²) in [5.74, 6) is -1.33. The van der Waals surface area contributed by atoms with Crippen molar-refractivity contribution in [2.24, 2.45) is 0 Å². The molecular weight excluding hydrogens is 247 g/mol. The van der Waals surface area contributed by atoms with Crippen LogP contribution in [0, 0.1) is 5.82 Å².